The van der Waals surface area contributed by atoms with E-state index < -0.39 is 0 Å². The third-order valence-corrected chi connectivity index (χ3v) is 4.81. The van der Waals surface area contributed by atoms with Crippen molar-refractivity contribution in [3.63, 3.8) is 0 Å². The van der Waals surface area contributed by atoms with Crippen LogP contribution in [0.15, 0.2) is 12.3 Å². The number of hydrogen-bond acceptors (Lipinski definition) is 4. The van der Waals surface area contributed by atoms with Gasteiger partial charge in [0.15, 0.2) is 0 Å². The predicted octanol–water partition coefficient (Wildman–Crippen LogP) is 1.07. The first kappa shape index (κ1) is 14.0. The van der Waals surface area contributed by atoms with Gasteiger partial charge in [-0.15, -0.1) is 0 Å². The van der Waals surface area contributed by atoms with E-state index in [1.807, 2.05) is 0 Å². The van der Waals surface area contributed by atoms with Gasteiger partial charge in [-0.3, -0.25) is 9.58 Å². The number of likely N-dealkylation sites (N-methyl/N-ethyl adjacent to an activating group) is 1. The summed E-state index contributed by atoms with van der Waals surface area (Å²) in [5, 5.41) is 4.79. The lowest BCUT2D eigenvalue weighted by Crippen LogP contribution is -2.54. The van der Waals surface area contributed by atoms with Gasteiger partial charge < -0.3 is 10.6 Å². The number of hydrogen-bond donors (Lipinski definition) is 1. The third-order valence-electron chi connectivity index (χ3n) is 4.81. The molecule has 2 N–H and O–H groups in total. The smallest absolute Gasteiger partial charge is 0.0765 e. The fraction of sp³-hybridized carbons (Fsp3) is 0.800. The van der Waals surface area contributed by atoms with Gasteiger partial charge >= 0.3 is 0 Å². The molecule has 1 aliphatic heterocycles. The molecule has 5 nitrogen and oxygen atoms in total. The molecule has 1 aliphatic carbocycles. The number of rotatable bonds is 4. The predicted molar refractivity (Wildman–Crippen MR) is 80.5 cm³/mol. The molecule has 5 heteroatoms. The summed E-state index contributed by atoms with van der Waals surface area (Å²) in [4.78, 5) is 4.85. The van der Waals surface area contributed by atoms with Crippen molar-refractivity contribution < 1.29 is 0 Å². The van der Waals surface area contributed by atoms with E-state index in [-0.39, 0.29) is 0 Å². The topological polar surface area (TPSA) is 50.3 Å². The molecule has 0 radical (unpaired) electrons. The van der Waals surface area contributed by atoms with E-state index in [4.69, 9.17) is 10.8 Å². The Bertz CT molecular complexity index is 424. The van der Waals surface area contributed by atoms with Gasteiger partial charge in [0, 0.05) is 45.0 Å². The molecule has 0 amide bonds. The Morgan fingerprint density at radius 2 is 2.10 bits per heavy atom. The lowest BCUT2D eigenvalue weighted by Gasteiger charge is -2.39. The first-order valence-electron chi connectivity index (χ1n) is 7.93. The SMILES string of the molecule is CN1CCN(Cc2ccn(C3CCCC3)n2)C(CN)C1. The molecule has 2 heterocycles. The summed E-state index contributed by atoms with van der Waals surface area (Å²) in [6.07, 6.45) is 7.46. The normalized spacial score (nSPS) is 26.4. The van der Waals surface area contributed by atoms with E-state index in [1.54, 1.807) is 0 Å². The summed E-state index contributed by atoms with van der Waals surface area (Å²) in [6.45, 7) is 4.96. The van der Waals surface area contributed by atoms with Gasteiger partial charge in [0.25, 0.3) is 0 Å². The van der Waals surface area contributed by atoms with Crippen LogP contribution in [-0.2, 0) is 6.54 Å². The Labute approximate surface area is 121 Å². The molecule has 0 aromatic carbocycles. The van der Waals surface area contributed by atoms with E-state index in [1.165, 1.54) is 31.4 Å². The van der Waals surface area contributed by atoms with Gasteiger partial charge in [-0.1, -0.05) is 12.8 Å². The summed E-state index contributed by atoms with van der Waals surface area (Å²) in [5.41, 5.74) is 7.11. The molecular formula is C15H27N5. The highest BCUT2D eigenvalue weighted by Crippen LogP contribution is 2.28. The molecule has 20 heavy (non-hydrogen) atoms. The largest absolute Gasteiger partial charge is 0.329 e. The molecule has 1 aromatic heterocycles. The maximum Gasteiger partial charge on any atom is 0.0765 e. The quantitative estimate of drug-likeness (QED) is 0.894. The Hall–Kier alpha value is -0.910. The summed E-state index contributed by atoms with van der Waals surface area (Å²) in [6, 6.07) is 3.29. The lowest BCUT2D eigenvalue weighted by molar-refractivity contribution is 0.0867. The first-order chi connectivity index (χ1) is 9.76. The van der Waals surface area contributed by atoms with Gasteiger partial charge in [-0.2, -0.15) is 5.10 Å². The van der Waals surface area contributed by atoms with Crippen molar-refractivity contribution >= 4 is 0 Å². The molecule has 2 aliphatic rings. The number of aromatic nitrogens is 2. The molecule has 1 saturated carbocycles. The van der Waals surface area contributed by atoms with E-state index in [0.29, 0.717) is 12.1 Å². The summed E-state index contributed by atoms with van der Waals surface area (Å²) < 4.78 is 2.19. The van der Waals surface area contributed by atoms with Crippen molar-refractivity contribution in [2.24, 2.45) is 5.73 Å². The van der Waals surface area contributed by atoms with Crippen LogP contribution in [0.25, 0.3) is 0 Å². The monoisotopic (exact) mass is 277 g/mol. The Morgan fingerprint density at radius 3 is 2.85 bits per heavy atom. The average Bonchev–Trinajstić information content (AvgIpc) is 3.11. The Balaban J connectivity index is 1.62. The highest BCUT2D eigenvalue weighted by molar-refractivity contribution is 5.01. The van der Waals surface area contributed by atoms with Gasteiger partial charge in [-0.05, 0) is 26.0 Å². The van der Waals surface area contributed by atoms with Gasteiger partial charge in [-0.25, -0.2) is 0 Å². The molecule has 1 atom stereocenters. The number of nitrogens with two attached hydrogens (primary N) is 1. The van der Waals surface area contributed by atoms with Crippen LogP contribution in [0.3, 0.4) is 0 Å². The summed E-state index contributed by atoms with van der Waals surface area (Å²) in [7, 11) is 2.18. The van der Waals surface area contributed by atoms with Crippen molar-refractivity contribution in [1.82, 2.24) is 19.6 Å². The second kappa shape index (κ2) is 6.24. The number of nitrogens with zero attached hydrogens (tertiary/aromatic N) is 4. The van der Waals surface area contributed by atoms with Crippen LogP contribution < -0.4 is 5.73 Å². The standard InChI is InChI=1S/C15H27N5/c1-18-8-9-19(15(10-16)12-18)11-13-6-7-20(17-13)14-4-2-3-5-14/h6-7,14-15H,2-5,8-12,16H2,1H3. The molecule has 3 rings (SSSR count). The molecule has 1 unspecified atom stereocenters. The van der Waals surface area contributed by atoms with Crippen LogP contribution in [0.1, 0.15) is 37.4 Å². The van der Waals surface area contributed by atoms with Crippen LogP contribution in [0.5, 0.6) is 0 Å². The molecular weight excluding hydrogens is 250 g/mol. The minimum atomic E-state index is 0.463. The zero-order chi connectivity index (χ0) is 13.9. The van der Waals surface area contributed by atoms with Crippen LogP contribution >= 0.6 is 0 Å². The summed E-state index contributed by atoms with van der Waals surface area (Å²) in [5.74, 6) is 0. The van der Waals surface area contributed by atoms with E-state index in [0.717, 1.165) is 32.7 Å². The molecule has 0 bridgehead atoms. The zero-order valence-electron chi connectivity index (χ0n) is 12.5. The minimum Gasteiger partial charge on any atom is -0.329 e. The highest BCUT2D eigenvalue weighted by Gasteiger charge is 2.25. The maximum atomic E-state index is 5.92. The maximum absolute atomic E-state index is 5.92. The first-order valence-corrected chi connectivity index (χ1v) is 7.93. The molecule has 1 saturated heterocycles. The Kier molecular flexibility index (Phi) is 4.38. The van der Waals surface area contributed by atoms with Crippen molar-refractivity contribution in [2.75, 3.05) is 33.2 Å². The van der Waals surface area contributed by atoms with Crippen LogP contribution in [0.2, 0.25) is 0 Å². The van der Waals surface area contributed by atoms with Crippen molar-refractivity contribution in [2.45, 2.75) is 44.3 Å². The molecule has 2 fully saturated rings. The van der Waals surface area contributed by atoms with Crippen LogP contribution in [-0.4, -0.2) is 58.8 Å². The number of piperazine rings is 1. The van der Waals surface area contributed by atoms with E-state index >= 15 is 0 Å². The fourth-order valence-corrected chi connectivity index (χ4v) is 3.52. The second-order valence-electron chi connectivity index (χ2n) is 6.35. The summed E-state index contributed by atoms with van der Waals surface area (Å²) >= 11 is 0. The van der Waals surface area contributed by atoms with Gasteiger partial charge in [0.2, 0.25) is 0 Å². The molecule has 0 spiro atoms. The lowest BCUT2D eigenvalue weighted by atomic mass is 10.1. The van der Waals surface area contributed by atoms with Crippen molar-refractivity contribution in [3.8, 4) is 0 Å². The van der Waals surface area contributed by atoms with Crippen LogP contribution in [0, 0.1) is 0 Å². The van der Waals surface area contributed by atoms with Crippen molar-refractivity contribution in [3.05, 3.63) is 18.0 Å². The second-order valence-corrected chi connectivity index (χ2v) is 6.35. The highest BCUT2D eigenvalue weighted by atomic mass is 15.3. The van der Waals surface area contributed by atoms with Gasteiger partial charge in [0.1, 0.15) is 0 Å². The van der Waals surface area contributed by atoms with Gasteiger partial charge in [0.05, 0.1) is 11.7 Å². The van der Waals surface area contributed by atoms with Crippen molar-refractivity contribution in [1.29, 1.82) is 0 Å². The van der Waals surface area contributed by atoms with E-state index in [2.05, 4.69) is 33.8 Å². The van der Waals surface area contributed by atoms with Crippen LogP contribution in [0.4, 0.5) is 0 Å². The average molecular weight is 277 g/mol. The minimum absolute atomic E-state index is 0.463. The fourth-order valence-electron chi connectivity index (χ4n) is 3.52. The third kappa shape index (κ3) is 3.05. The molecule has 1 aromatic rings. The molecule has 112 valence electrons. The van der Waals surface area contributed by atoms with E-state index in [9.17, 15) is 0 Å². The Morgan fingerprint density at radius 1 is 1.30 bits per heavy atom. The zero-order valence-corrected chi connectivity index (χ0v) is 12.5.